The molecule has 3 rings (SSSR count). The van der Waals surface area contributed by atoms with Gasteiger partial charge in [-0.2, -0.15) is 0 Å². The van der Waals surface area contributed by atoms with Crippen LogP contribution in [0.3, 0.4) is 0 Å². The summed E-state index contributed by atoms with van der Waals surface area (Å²) in [5.41, 5.74) is 0.793. The Morgan fingerprint density at radius 3 is 2.77 bits per heavy atom. The standard InChI is InChI=1S/C18H26FN3O3S/c19-16-3-1-2-14(10-16)11-20-18(22-17-4-7-25-8-5-17)21-12-15-6-9-26(23,24)13-15/h1-3,10,15,17H,4-9,11-13H2,(H2,20,21,22). The van der Waals surface area contributed by atoms with E-state index in [2.05, 4.69) is 15.6 Å². The number of aliphatic imine (C=N–C) groups is 1. The van der Waals surface area contributed by atoms with Crippen LogP contribution in [0, 0.1) is 11.7 Å². The van der Waals surface area contributed by atoms with Crippen molar-refractivity contribution in [2.75, 3.05) is 31.3 Å². The summed E-state index contributed by atoms with van der Waals surface area (Å²) in [5.74, 6) is 0.971. The van der Waals surface area contributed by atoms with Crippen molar-refractivity contribution < 1.29 is 17.5 Å². The lowest BCUT2D eigenvalue weighted by molar-refractivity contribution is 0.0822. The molecule has 2 fully saturated rings. The fourth-order valence-corrected chi connectivity index (χ4v) is 5.13. The largest absolute Gasteiger partial charge is 0.381 e. The van der Waals surface area contributed by atoms with E-state index in [0.717, 1.165) is 31.6 Å². The van der Waals surface area contributed by atoms with Gasteiger partial charge in [-0.1, -0.05) is 12.1 Å². The molecule has 2 heterocycles. The van der Waals surface area contributed by atoms with Gasteiger partial charge in [0.1, 0.15) is 5.82 Å². The Morgan fingerprint density at radius 2 is 2.08 bits per heavy atom. The molecule has 1 unspecified atom stereocenters. The van der Waals surface area contributed by atoms with Gasteiger partial charge in [0.2, 0.25) is 0 Å². The first-order valence-corrected chi connectivity index (χ1v) is 10.9. The summed E-state index contributed by atoms with van der Waals surface area (Å²) >= 11 is 0. The van der Waals surface area contributed by atoms with Crippen molar-refractivity contribution in [2.24, 2.45) is 10.9 Å². The van der Waals surface area contributed by atoms with Crippen molar-refractivity contribution >= 4 is 15.8 Å². The second kappa shape index (κ2) is 8.81. The summed E-state index contributed by atoms with van der Waals surface area (Å²) in [5, 5.41) is 6.67. The van der Waals surface area contributed by atoms with E-state index < -0.39 is 9.84 Å². The van der Waals surface area contributed by atoms with Gasteiger partial charge in [0.05, 0.1) is 18.1 Å². The number of rotatable bonds is 5. The van der Waals surface area contributed by atoms with E-state index in [-0.39, 0.29) is 29.3 Å². The molecule has 0 bridgehead atoms. The third-order valence-corrected chi connectivity index (χ3v) is 6.59. The molecule has 0 amide bonds. The fraction of sp³-hybridized carbons (Fsp3) is 0.611. The third kappa shape index (κ3) is 5.95. The van der Waals surface area contributed by atoms with Gasteiger partial charge in [0.15, 0.2) is 15.8 Å². The Hall–Kier alpha value is -1.67. The maximum atomic E-state index is 13.3. The van der Waals surface area contributed by atoms with Crippen LogP contribution in [0.2, 0.25) is 0 Å². The Kier molecular flexibility index (Phi) is 6.48. The highest BCUT2D eigenvalue weighted by Crippen LogP contribution is 2.17. The zero-order valence-electron chi connectivity index (χ0n) is 14.8. The fourth-order valence-electron chi connectivity index (χ4n) is 3.27. The molecule has 0 aliphatic carbocycles. The highest BCUT2D eigenvalue weighted by atomic mass is 32.2. The van der Waals surface area contributed by atoms with Gasteiger partial charge in [-0.05, 0) is 42.9 Å². The molecule has 6 nitrogen and oxygen atoms in total. The van der Waals surface area contributed by atoms with E-state index in [1.807, 2.05) is 6.07 Å². The minimum absolute atomic E-state index is 0.107. The Balaban J connectivity index is 1.61. The highest BCUT2D eigenvalue weighted by molar-refractivity contribution is 7.91. The van der Waals surface area contributed by atoms with Crippen LogP contribution in [0.4, 0.5) is 4.39 Å². The molecule has 2 saturated heterocycles. The Morgan fingerprint density at radius 1 is 1.27 bits per heavy atom. The first kappa shape index (κ1) is 19.1. The number of guanidine groups is 1. The van der Waals surface area contributed by atoms with Crippen molar-refractivity contribution in [3.05, 3.63) is 35.6 Å². The summed E-state index contributed by atoms with van der Waals surface area (Å²) in [7, 11) is -2.89. The van der Waals surface area contributed by atoms with Gasteiger partial charge in [-0.15, -0.1) is 0 Å². The number of hydrogen-bond donors (Lipinski definition) is 2. The van der Waals surface area contributed by atoms with Crippen LogP contribution in [0.25, 0.3) is 0 Å². The number of hydrogen-bond acceptors (Lipinski definition) is 4. The number of halogens is 1. The molecule has 2 N–H and O–H groups in total. The summed E-state index contributed by atoms with van der Waals surface area (Å²) in [6.07, 6.45) is 2.49. The molecular weight excluding hydrogens is 357 g/mol. The van der Waals surface area contributed by atoms with Gasteiger partial charge < -0.3 is 15.4 Å². The highest BCUT2D eigenvalue weighted by Gasteiger charge is 2.28. The lowest BCUT2D eigenvalue weighted by Crippen LogP contribution is -2.47. The van der Waals surface area contributed by atoms with Crippen LogP contribution in [-0.4, -0.2) is 51.7 Å². The quantitative estimate of drug-likeness (QED) is 0.595. The van der Waals surface area contributed by atoms with Crippen molar-refractivity contribution in [1.82, 2.24) is 10.6 Å². The third-order valence-electron chi connectivity index (χ3n) is 4.76. The molecule has 1 aromatic rings. The van der Waals surface area contributed by atoms with Gasteiger partial charge in [-0.3, -0.25) is 0 Å². The van der Waals surface area contributed by atoms with E-state index in [9.17, 15) is 12.8 Å². The molecule has 2 aliphatic heterocycles. The van der Waals surface area contributed by atoms with E-state index in [4.69, 9.17) is 4.74 Å². The van der Waals surface area contributed by atoms with Crippen LogP contribution in [-0.2, 0) is 21.1 Å². The molecule has 26 heavy (non-hydrogen) atoms. The first-order valence-electron chi connectivity index (χ1n) is 9.08. The smallest absolute Gasteiger partial charge is 0.191 e. The van der Waals surface area contributed by atoms with Crippen molar-refractivity contribution in [3.63, 3.8) is 0 Å². The molecule has 1 atom stereocenters. The Labute approximate surface area is 154 Å². The number of benzene rings is 1. The number of nitrogens with one attached hydrogen (secondary N) is 2. The number of ether oxygens (including phenoxy) is 1. The van der Waals surface area contributed by atoms with E-state index in [1.165, 1.54) is 12.1 Å². The minimum Gasteiger partial charge on any atom is -0.381 e. The van der Waals surface area contributed by atoms with Crippen LogP contribution < -0.4 is 10.6 Å². The number of sulfone groups is 1. The van der Waals surface area contributed by atoms with Crippen LogP contribution in [0.1, 0.15) is 24.8 Å². The van der Waals surface area contributed by atoms with Crippen LogP contribution in [0.5, 0.6) is 0 Å². The second-order valence-corrected chi connectivity index (χ2v) is 9.20. The van der Waals surface area contributed by atoms with Crippen molar-refractivity contribution in [1.29, 1.82) is 0 Å². The number of nitrogens with zero attached hydrogens (tertiary/aromatic N) is 1. The average Bonchev–Trinajstić information content (AvgIpc) is 2.97. The Bertz CT molecular complexity index is 733. The zero-order valence-corrected chi connectivity index (χ0v) is 15.6. The van der Waals surface area contributed by atoms with E-state index in [0.29, 0.717) is 25.5 Å². The van der Waals surface area contributed by atoms with Crippen molar-refractivity contribution in [3.8, 4) is 0 Å². The first-order chi connectivity index (χ1) is 12.5. The molecule has 0 spiro atoms. The van der Waals surface area contributed by atoms with Crippen LogP contribution >= 0.6 is 0 Å². The molecule has 8 heteroatoms. The molecule has 2 aliphatic rings. The predicted octanol–water partition coefficient (Wildman–Crippen LogP) is 1.47. The molecule has 0 radical (unpaired) electrons. The lowest BCUT2D eigenvalue weighted by Gasteiger charge is -2.25. The normalized spacial score (nSPS) is 23.7. The molecule has 0 aromatic heterocycles. The maximum absolute atomic E-state index is 13.3. The van der Waals surface area contributed by atoms with Crippen LogP contribution in [0.15, 0.2) is 29.3 Å². The molecule has 144 valence electrons. The van der Waals surface area contributed by atoms with Gasteiger partial charge >= 0.3 is 0 Å². The predicted molar refractivity (Wildman–Crippen MR) is 99.3 cm³/mol. The minimum atomic E-state index is -2.89. The maximum Gasteiger partial charge on any atom is 0.191 e. The van der Waals surface area contributed by atoms with E-state index in [1.54, 1.807) is 6.07 Å². The molecule has 1 aromatic carbocycles. The summed E-state index contributed by atoms with van der Waals surface area (Å²) in [6, 6.07) is 6.66. The monoisotopic (exact) mass is 383 g/mol. The lowest BCUT2D eigenvalue weighted by atomic mass is 10.1. The summed E-state index contributed by atoms with van der Waals surface area (Å²) < 4.78 is 42.0. The SMILES string of the molecule is O=S1(=O)CCC(CNC(=NCc2cccc(F)c2)NC2CCOCC2)C1. The summed E-state index contributed by atoms with van der Waals surface area (Å²) in [6.45, 7) is 2.36. The molecular formula is C18H26FN3O3S. The van der Waals surface area contributed by atoms with Gasteiger partial charge in [-0.25, -0.2) is 17.8 Å². The zero-order chi connectivity index (χ0) is 18.4. The molecule has 0 saturated carbocycles. The topological polar surface area (TPSA) is 79.8 Å². The second-order valence-electron chi connectivity index (χ2n) is 6.98. The van der Waals surface area contributed by atoms with E-state index >= 15 is 0 Å². The van der Waals surface area contributed by atoms with Crippen molar-refractivity contribution in [2.45, 2.75) is 31.8 Å². The average molecular weight is 383 g/mol. The van der Waals surface area contributed by atoms with Gasteiger partial charge in [0, 0.05) is 25.8 Å². The van der Waals surface area contributed by atoms with Gasteiger partial charge in [0.25, 0.3) is 0 Å². The summed E-state index contributed by atoms with van der Waals surface area (Å²) in [4.78, 5) is 4.56.